The first-order valence-corrected chi connectivity index (χ1v) is 6.55. The van der Waals surface area contributed by atoms with Gasteiger partial charge in [0.1, 0.15) is 0 Å². The van der Waals surface area contributed by atoms with Gasteiger partial charge in [0.15, 0.2) is 0 Å². The number of hydrogen-bond donors (Lipinski definition) is 0. The van der Waals surface area contributed by atoms with Gasteiger partial charge >= 0.3 is 0 Å². The van der Waals surface area contributed by atoms with E-state index in [-0.39, 0.29) is 5.60 Å². The van der Waals surface area contributed by atoms with E-state index in [9.17, 15) is 0 Å². The Morgan fingerprint density at radius 2 is 1.87 bits per heavy atom. The van der Waals surface area contributed by atoms with E-state index in [0.717, 1.165) is 26.1 Å². The van der Waals surface area contributed by atoms with E-state index < -0.39 is 0 Å². The lowest BCUT2D eigenvalue weighted by molar-refractivity contribution is -0.0941. The van der Waals surface area contributed by atoms with Gasteiger partial charge in [-0.3, -0.25) is 0 Å². The smallest absolute Gasteiger partial charge is 0.0806 e. The molecule has 15 heavy (non-hydrogen) atoms. The summed E-state index contributed by atoms with van der Waals surface area (Å²) in [6.45, 7) is 11.6. The fraction of sp³-hybridized carbons (Fsp3) is 1.00. The van der Waals surface area contributed by atoms with Crippen molar-refractivity contribution in [3.8, 4) is 0 Å². The minimum absolute atomic E-state index is 0.170. The van der Waals surface area contributed by atoms with Gasteiger partial charge in [-0.25, -0.2) is 0 Å². The number of ether oxygens (including phenoxy) is 1. The Morgan fingerprint density at radius 3 is 2.27 bits per heavy atom. The van der Waals surface area contributed by atoms with Gasteiger partial charge in [-0.15, -0.1) is 0 Å². The highest BCUT2D eigenvalue weighted by Crippen LogP contribution is 2.28. The Morgan fingerprint density at radius 1 is 1.20 bits per heavy atom. The fourth-order valence-corrected chi connectivity index (χ4v) is 2.03. The van der Waals surface area contributed by atoms with Crippen LogP contribution in [0, 0.1) is 0 Å². The molecule has 0 aromatic rings. The number of likely N-dealkylation sites (N-methyl/N-ethyl adjacent to an activating group) is 1. The van der Waals surface area contributed by atoms with Gasteiger partial charge in [0.25, 0.3) is 0 Å². The van der Waals surface area contributed by atoms with Crippen LogP contribution < -0.4 is 0 Å². The summed E-state index contributed by atoms with van der Waals surface area (Å²) in [4.78, 5) is 2.36. The summed E-state index contributed by atoms with van der Waals surface area (Å²) in [5.41, 5.74) is 0.170. The molecule has 0 aromatic heterocycles. The lowest BCUT2D eigenvalue weighted by atomic mass is 9.90. The fourth-order valence-electron chi connectivity index (χ4n) is 2.03. The molecule has 0 radical (unpaired) electrons. The van der Waals surface area contributed by atoms with Gasteiger partial charge in [0.2, 0.25) is 0 Å². The molecule has 0 bridgehead atoms. The molecule has 0 amide bonds. The van der Waals surface area contributed by atoms with Crippen LogP contribution in [0.25, 0.3) is 0 Å². The van der Waals surface area contributed by atoms with Crippen LogP contribution in [-0.4, -0.2) is 37.2 Å². The molecule has 1 atom stereocenters. The van der Waals surface area contributed by atoms with Crippen LogP contribution in [0.15, 0.2) is 0 Å². The topological polar surface area (TPSA) is 12.5 Å². The Bertz CT molecular complexity index is 141. The summed E-state index contributed by atoms with van der Waals surface area (Å²) >= 11 is 0. The third kappa shape index (κ3) is 4.98. The summed E-state index contributed by atoms with van der Waals surface area (Å²) in [7, 11) is 2.18. The molecular formula is C13H29NO. The van der Waals surface area contributed by atoms with Crippen LogP contribution in [0.4, 0.5) is 0 Å². The molecule has 0 aliphatic carbocycles. The lowest BCUT2D eigenvalue weighted by Crippen LogP contribution is -2.45. The normalized spacial score (nSPS) is 26.0. The Hall–Kier alpha value is -0.0800. The number of nitrogens with zero attached hydrogens (tertiary/aromatic N) is 1. The van der Waals surface area contributed by atoms with Crippen LogP contribution in [-0.2, 0) is 4.74 Å². The summed E-state index contributed by atoms with van der Waals surface area (Å²) in [6, 6.07) is 0. The largest absolute Gasteiger partial charge is 0.374 e. The molecule has 2 heteroatoms. The van der Waals surface area contributed by atoms with Crippen molar-refractivity contribution in [2.45, 2.75) is 59.0 Å². The third-order valence-electron chi connectivity index (χ3n) is 3.18. The van der Waals surface area contributed by atoms with Crippen molar-refractivity contribution < 1.29 is 4.74 Å². The minimum atomic E-state index is 0.170. The van der Waals surface area contributed by atoms with Gasteiger partial charge in [0, 0.05) is 13.2 Å². The van der Waals surface area contributed by atoms with Crippen LogP contribution in [0.5, 0.6) is 0 Å². The zero-order valence-electron chi connectivity index (χ0n) is 11.3. The van der Waals surface area contributed by atoms with E-state index in [1.54, 1.807) is 0 Å². The predicted octanol–water partition coefficient (Wildman–Crippen LogP) is 3.31. The van der Waals surface area contributed by atoms with Gasteiger partial charge < -0.3 is 9.64 Å². The van der Waals surface area contributed by atoms with Gasteiger partial charge in [-0.2, -0.15) is 0 Å². The van der Waals surface area contributed by atoms with Gasteiger partial charge in [0.05, 0.1) is 5.60 Å². The molecule has 0 aromatic carbocycles. The average molecular weight is 215 g/mol. The van der Waals surface area contributed by atoms with Crippen molar-refractivity contribution in [1.29, 1.82) is 0 Å². The van der Waals surface area contributed by atoms with Crippen molar-refractivity contribution >= 4 is 0 Å². The average Bonchev–Trinajstić information content (AvgIpc) is 2.32. The van der Waals surface area contributed by atoms with E-state index in [2.05, 4.69) is 25.8 Å². The van der Waals surface area contributed by atoms with E-state index in [1.807, 2.05) is 13.8 Å². The molecule has 1 saturated heterocycles. The highest BCUT2D eigenvalue weighted by Gasteiger charge is 2.31. The van der Waals surface area contributed by atoms with Crippen molar-refractivity contribution in [2.75, 3.05) is 26.7 Å². The zero-order valence-corrected chi connectivity index (χ0v) is 11.3. The molecule has 1 unspecified atom stereocenters. The maximum atomic E-state index is 5.95. The van der Waals surface area contributed by atoms with E-state index in [1.165, 1.54) is 19.3 Å². The quantitative estimate of drug-likeness (QED) is 0.713. The van der Waals surface area contributed by atoms with Crippen molar-refractivity contribution in [2.24, 2.45) is 0 Å². The van der Waals surface area contributed by atoms with Crippen LogP contribution in [0.3, 0.4) is 0 Å². The Balaban J connectivity index is 0.000000921. The predicted molar refractivity (Wildman–Crippen MR) is 67.3 cm³/mol. The third-order valence-corrected chi connectivity index (χ3v) is 3.18. The second-order valence-electron chi connectivity index (χ2n) is 4.17. The SMILES string of the molecule is CC.CCN(C)CC1(CC)CCCCO1. The van der Waals surface area contributed by atoms with Gasteiger partial charge in [-0.1, -0.05) is 27.7 Å². The molecule has 2 nitrogen and oxygen atoms in total. The monoisotopic (exact) mass is 215 g/mol. The van der Waals surface area contributed by atoms with Crippen LogP contribution in [0.2, 0.25) is 0 Å². The van der Waals surface area contributed by atoms with Crippen molar-refractivity contribution in [3.05, 3.63) is 0 Å². The molecular weight excluding hydrogens is 186 g/mol. The maximum absolute atomic E-state index is 5.95. The lowest BCUT2D eigenvalue weighted by Gasteiger charge is -2.39. The molecule has 92 valence electrons. The van der Waals surface area contributed by atoms with Crippen molar-refractivity contribution in [1.82, 2.24) is 4.90 Å². The van der Waals surface area contributed by atoms with Gasteiger partial charge in [-0.05, 0) is 39.3 Å². The molecule has 0 saturated carbocycles. The second-order valence-corrected chi connectivity index (χ2v) is 4.17. The summed E-state index contributed by atoms with van der Waals surface area (Å²) < 4.78 is 5.95. The Labute approximate surface area is 96.0 Å². The first-order chi connectivity index (χ1) is 7.22. The molecule has 1 rings (SSSR count). The Kier molecular flexibility index (Phi) is 8.07. The first kappa shape index (κ1) is 14.9. The number of rotatable bonds is 4. The van der Waals surface area contributed by atoms with E-state index >= 15 is 0 Å². The summed E-state index contributed by atoms with van der Waals surface area (Å²) in [6.07, 6.45) is 4.98. The van der Waals surface area contributed by atoms with Crippen LogP contribution in [0.1, 0.15) is 53.4 Å². The van der Waals surface area contributed by atoms with E-state index in [0.29, 0.717) is 0 Å². The van der Waals surface area contributed by atoms with Crippen molar-refractivity contribution in [3.63, 3.8) is 0 Å². The number of hydrogen-bond acceptors (Lipinski definition) is 2. The highest BCUT2D eigenvalue weighted by atomic mass is 16.5. The molecule has 1 aliphatic heterocycles. The maximum Gasteiger partial charge on any atom is 0.0806 e. The standard InChI is InChI=1S/C11H23NO.C2H6/c1-4-11(10-12(3)5-2)8-6-7-9-13-11;1-2/h4-10H2,1-3H3;1-2H3. The first-order valence-electron chi connectivity index (χ1n) is 6.55. The molecule has 1 aliphatic rings. The molecule has 1 heterocycles. The summed E-state index contributed by atoms with van der Waals surface area (Å²) in [5, 5.41) is 0. The summed E-state index contributed by atoms with van der Waals surface area (Å²) in [5.74, 6) is 0. The zero-order chi connectivity index (χ0) is 11.7. The molecule has 1 fully saturated rings. The highest BCUT2D eigenvalue weighted by molar-refractivity contribution is 4.84. The second kappa shape index (κ2) is 8.12. The van der Waals surface area contributed by atoms with Crippen LogP contribution >= 0.6 is 0 Å². The minimum Gasteiger partial charge on any atom is -0.374 e. The molecule has 0 N–H and O–H groups in total. The molecule has 0 spiro atoms. The van der Waals surface area contributed by atoms with E-state index in [4.69, 9.17) is 4.74 Å².